The van der Waals surface area contributed by atoms with Crippen molar-refractivity contribution < 1.29 is 0 Å². The Morgan fingerprint density at radius 3 is 2.56 bits per heavy atom. The summed E-state index contributed by atoms with van der Waals surface area (Å²) in [5, 5.41) is 8.92. The molecule has 16 heavy (non-hydrogen) atoms. The normalized spacial score (nSPS) is 10.8. The standard InChI is InChI=1S/C12H8ClN3/c13-10-6-7-11-14-15-12(16(11)8-10)9-4-2-1-3-5-9/h1-8H. The molecule has 0 aliphatic carbocycles. The first kappa shape index (κ1) is 9.36. The van der Waals surface area contributed by atoms with Crippen LogP contribution in [0.4, 0.5) is 0 Å². The number of benzene rings is 1. The summed E-state index contributed by atoms with van der Waals surface area (Å²) in [6.45, 7) is 0. The molecule has 0 amide bonds. The van der Waals surface area contributed by atoms with E-state index in [0.717, 1.165) is 17.0 Å². The number of fused-ring (bicyclic) bond motifs is 1. The molecule has 1 aromatic carbocycles. The summed E-state index contributed by atoms with van der Waals surface area (Å²) in [5.41, 5.74) is 1.82. The highest BCUT2D eigenvalue weighted by atomic mass is 35.5. The van der Waals surface area contributed by atoms with Gasteiger partial charge in [0.05, 0.1) is 5.02 Å². The van der Waals surface area contributed by atoms with Gasteiger partial charge >= 0.3 is 0 Å². The minimum absolute atomic E-state index is 0.671. The van der Waals surface area contributed by atoms with Gasteiger partial charge in [0, 0.05) is 11.8 Å². The Morgan fingerprint density at radius 2 is 1.75 bits per heavy atom. The quantitative estimate of drug-likeness (QED) is 0.642. The van der Waals surface area contributed by atoms with E-state index in [0.29, 0.717) is 5.02 Å². The molecule has 0 atom stereocenters. The van der Waals surface area contributed by atoms with E-state index < -0.39 is 0 Å². The van der Waals surface area contributed by atoms with E-state index in [2.05, 4.69) is 10.2 Å². The van der Waals surface area contributed by atoms with Gasteiger partial charge in [-0.25, -0.2) is 0 Å². The van der Waals surface area contributed by atoms with E-state index in [1.165, 1.54) is 0 Å². The van der Waals surface area contributed by atoms with Crippen molar-refractivity contribution in [1.82, 2.24) is 14.6 Å². The molecule has 3 rings (SSSR count). The molecule has 0 unspecified atom stereocenters. The predicted molar refractivity (Wildman–Crippen MR) is 63.4 cm³/mol. The molecular formula is C12H8ClN3. The number of hydrogen-bond donors (Lipinski definition) is 0. The third kappa shape index (κ3) is 1.46. The van der Waals surface area contributed by atoms with Crippen LogP contribution in [0.3, 0.4) is 0 Å². The maximum Gasteiger partial charge on any atom is 0.168 e. The number of halogens is 1. The van der Waals surface area contributed by atoms with Crippen molar-refractivity contribution in [3.63, 3.8) is 0 Å². The smallest absolute Gasteiger partial charge is 0.168 e. The van der Waals surface area contributed by atoms with Crippen LogP contribution >= 0.6 is 11.6 Å². The molecule has 0 radical (unpaired) electrons. The Hall–Kier alpha value is -1.87. The lowest BCUT2D eigenvalue weighted by molar-refractivity contribution is 1.11. The molecule has 0 bridgehead atoms. The van der Waals surface area contributed by atoms with Gasteiger partial charge in [0.1, 0.15) is 0 Å². The molecule has 2 aromatic heterocycles. The van der Waals surface area contributed by atoms with Gasteiger partial charge in [0.2, 0.25) is 0 Å². The number of hydrogen-bond acceptors (Lipinski definition) is 2. The monoisotopic (exact) mass is 229 g/mol. The zero-order valence-electron chi connectivity index (χ0n) is 8.34. The highest BCUT2D eigenvalue weighted by Crippen LogP contribution is 2.19. The van der Waals surface area contributed by atoms with Crippen molar-refractivity contribution in [3.05, 3.63) is 53.7 Å². The van der Waals surface area contributed by atoms with Crippen LogP contribution in [0.2, 0.25) is 5.02 Å². The van der Waals surface area contributed by atoms with Gasteiger partial charge in [-0.1, -0.05) is 41.9 Å². The van der Waals surface area contributed by atoms with Gasteiger partial charge in [0.15, 0.2) is 11.5 Å². The zero-order valence-corrected chi connectivity index (χ0v) is 9.09. The lowest BCUT2D eigenvalue weighted by Crippen LogP contribution is -1.88. The van der Waals surface area contributed by atoms with Crippen molar-refractivity contribution in [2.45, 2.75) is 0 Å². The van der Waals surface area contributed by atoms with E-state index >= 15 is 0 Å². The topological polar surface area (TPSA) is 30.2 Å². The van der Waals surface area contributed by atoms with Crippen molar-refractivity contribution in [2.75, 3.05) is 0 Å². The largest absolute Gasteiger partial charge is 0.281 e. The Balaban J connectivity index is 2.29. The fourth-order valence-corrected chi connectivity index (χ4v) is 1.81. The summed E-state index contributed by atoms with van der Waals surface area (Å²) in [6, 6.07) is 13.6. The van der Waals surface area contributed by atoms with Crippen LogP contribution in [0, 0.1) is 0 Å². The Labute approximate surface area is 97.3 Å². The summed E-state index contributed by atoms with van der Waals surface area (Å²) in [6.07, 6.45) is 1.82. The Bertz CT molecular complexity index is 631. The third-order valence-corrected chi connectivity index (χ3v) is 2.62. The number of aromatic nitrogens is 3. The molecule has 3 aromatic rings. The van der Waals surface area contributed by atoms with E-state index in [-0.39, 0.29) is 0 Å². The second-order valence-corrected chi connectivity index (χ2v) is 3.90. The van der Waals surface area contributed by atoms with Crippen LogP contribution < -0.4 is 0 Å². The Kier molecular flexibility index (Phi) is 2.11. The maximum absolute atomic E-state index is 5.96. The van der Waals surface area contributed by atoms with Crippen LogP contribution in [0.25, 0.3) is 17.0 Å². The first-order valence-corrected chi connectivity index (χ1v) is 5.28. The predicted octanol–water partition coefficient (Wildman–Crippen LogP) is 3.05. The van der Waals surface area contributed by atoms with Gasteiger partial charge in [-0.2, -0.15) is 0 Å². The maximum atomic E-state index is 5.96. The average Bonchev–Trinajstić information content (AvgIpc) is 2.73. The Morgan fingerprint density at radius 1 is 0.938 bits per heavy atom. The molecule has 2 heterocycles. The number of nitrogens with zero attached hydrogens (tertiary/aromatic N) is 3. The fourth-order valence-electron chi connectivity index (χ4n) is 1.65. The number of pyridine rings is 1. The van der Waals surface area contributed by atoms with E-state index in [1.54, 1.807) is 6.07 Å². The first-order chi connectivity index (χ1) is 7.84. The van der Waals surface area contributed by atoms with Crippen LogP contribution in [0.1, 0.15) is 0 Å². The zero-order chi connectivity index (χ0) is 11.0. The van der Waals surface area contributed by atoms with E-state index in [1.807, 2.05) is 47.0 Å². The van der Waals surface area contributed by atoms with Gasteiger partial charge in [-0.05, 0) is 12.1 Å². The second kappa shape index (κ2) is 3.61. The molecule has 0 N–H and O–H groups in total. The second-order valence-electron chi connectivity index (χ2n) is 3.47. The van der Waals surface area contributed by atoms with Crippen LogP contribution in [0.15, 0.2) is 48.7 Å². The summed E-state index contributed by atoms with van der Waals surface area (Å²) < 4.78 is 1.89. The number of rotatable bonds is 1. The van der Waals surface area contributed by atoms with E-state index in [4.69, 9.17) is 11.6 Å². The SMILES string of the molecule is Clc1ccc2nnc(-c3ccccc3)n2c1. The molecule has 0 spiro atoms. The molecule has 0 aliphatic rings. The van der Waals surface area contributed by atoms with Gasteiger partial charge in [-0.15, -0.1) is 10.2 Å². The lowest BCUT2D eigenvalue weighted by atomic mass is 10.2. The van der Waals surface area contributed by atoms with Crippen LogP contribution in [0.5, 0.6) is 0 Å². The molecule has 78 valence electrons. The van der Waals surface area contributed by atoms with Crippen molar-refractivity contribution in [2.24, 2.45) is 0 Å². The summed E-state index contributed by atoms with van der Waals surface area (Å²) in [4.78, 5) is 0. The van der Waals surface area contributed by atoms with Crippen LogP contribution in [-0.4, -0.2) is 14.6 Å². The highest BCUT2D eigenvalue weighted by molar-refractivity contribution is 6.30. The van der Waals surface area contributed by atoms with Crippen molar-refractivity contribution >= 4 is 17.2 Å². The van der Waals surface area contributed by atoms with Crippen LogP contribution in [-0.2, 0) is 0 Å². The third-order valence-electron chi connectivity index (χ3n) is 2.40. The van der Waals surface area contributed by atoms with Gasteiger partial charge in [0.25, 0.3) is 0 Å². The summed E-state index contributed by atoms with van der Waals surface area (Å²) in [7, 11) is 0. The minimum Gasteiger partial charge on any atom is -0.281 e. The molecule has 4 heteroatoms. The van der Waals surface area contributed by atoms with Crippen molar-refractivity contribution in [3.8, 4) is 11.4 Å². The van der Waals surface area contributed by atoms with Gasteiger partial charge in [-0.3, -0.25) is 4.40 Å². The molecule has 0 saturated heterocycles. The van der Waals surface area contributed by atoms with Gasteiger partial charge < -0.3 is 0 Å². The van der Waals surface area contributed by atoms with Crippen molar-refractivity contribution in [1.29, 1.82) is 0 Å². The molecule has 3 nitrogen and oxygen atoms in total. The molecule has 0 saturated carbocycles. The highest BCUT2D eigenvalue weighted by Gasteiger charge is 2.06. The molecule has 0 aliphatic heterocycles. The minimum atomic E-state index is 0.671. The fraction of sp³-hybridized carbons (Fsp3) is 0. The average molecular weight is 230 g/mol. The summed E-state index contributed by atoms with van der Waals surface area (Å²) >= 11 is 5.96. The molecular weight excluding hydrogens is 222 g/mol. The molecule has 0 fully saturated rings. The first-order valence-electron chi connectivity index (χ1n) is 4.90. The summed E-state index contributed by atoms with van der Waals surface area (Å²) in [5.74, 6) is 0.804. The lowest BCUT2D eigenvalue weighted by Gasteiger charge is -1.99. The van der Waals surface area contributed by atoms with E-state index in [9.17, 15) is 0 Å².